The number of hydrogen-bond acceptors (Lipinski definition) is 4. The predicted molar refractivity (Wildman–Crippen MR) is 127 cm³/mol. The minimum atomic E-state index is -0.0223. The first kappa shape index (κ1) is 22.0. The maximum absolute atomic E-state index is 13.1. The first-order valence-corrected chi connectivity index (χ1v) is 11.7. The lowest BCUT2D eigenvalue weighted by molar-refractivity contribution is -0.121. The number of benzene rings is 1. The molecule has 1 amide bonds. The Balaban J connectivity index is 1.59. The molecule has 0 spiro atoms. The molecular weight excluding hydrogens is 398 g/mol. The molecule has 166 valence electrons. The third kappa shape index (κ3) is 4.38. The smallest absolute Gasteiger partial charge is 0.228 e. The first-order valence-electron chi connectivity index (χ1n) is 11.7. The number of para-hydroxylation sites is 1. The molecule has 6 heteroatoms. The van der Waals surface area contributed by atoms with Crippen molar-refractivity contribution in [1.82, 2.24) is 14.8 Å². The van der Waals surface area contributed by atoms with E-state index in [-0.39, 0.29) is 11.8 Å². The summed E-state index contributed by atoms with van der Waals surface area (Å²) in [6, 6.07) is 10.2. The Labute approximate surface area is 189 Å². The lowest BCUT2D eigenvalue weighted by Crippen LogP contribution is -2.28. The number of nitrogens with zero attached hydrogens (tertiary/aromatic N) is 4. The summed E-state index contributed by atoms with van der Waals surface area (Å²) in [5.41, 5.74) is 3.40. The van der Waals surface area contributed by atoms with Crippen LogP contribution in [-0.2, 0) is 4.79 Å². The van der Waals surface area contributed by atoms with Crippen LogP contribution < -0.4 is 5.32 Å². The summed E-state index contributed by atoms with van der Waals surface area (Å²) in [4.78, 5) is 17.9. The number of nitrogens with one attached hydrogen (secondary N) is 1. The number of aryl methyl sites for hydroxylation is 2. The second-order valence-electron chi connectivity index (χ2n) is 9.05. The molecule has 6 nitrogen and oxygen atoms in total. The van der Waals surface area contributed by atoms with Gasteiger partial charge in [0.2, 0.25) is 5.91 Å². The van der Waals surface area contributed by atoms with Gasteiger partial charge in [0, 0.05) is 11.3 Å². The molecule has 0 aliphatic heterocycles. The molecule has 0 atom stereocenters. The fraction of sp³-hybridized carbons (Fsp3) is 0.462. The minimum absolute atomic E-state index is 0.0173. The van der Waals surface area contributed by atoms with E-state index in [1.165, 1.54) is 25.5 Å². The first-order chi connectivity index (χ1) is 15.5. The Morgan fingerprint density at radius 1 is 1.22 bits per heavy atom. The number of pyridine rings is 1. The van der Waals surface area contributed by atoms with Gasteiger partial charge in [-0.15, -0.1) is 0 Å². The van der Waals surface area contributed by atoms with Gasteiger partial charge in [0.1, 0.15) is 11.6 Å². The van der Waals surface area contributed by atoms with Crippen molar-refractivity contribution in [2.75, 3.05) is 5.32 Å². The number of unbranched alkanes of at least 4 members (excludes halogenated alkanes) is 1. The number of rotatable bonds is 6. The summed E-state index contributed by atoms with van der Waals surface area (Å²) in [6.07, 6.45) is 9.28. The highest BCUT2D eigenvalue weighted by atomic mass is 16.2. The molecule has 1 N–H and O–H groups in total. The van der Waals surface area contributed by atoms with Crippen LogP contribution >= 0.6 is 0 Å². The Hall–Kier alpha value is -3.20. The highest BCUT2D eigenvalue weighted by Crippen LogP contribution is 2.33. The highest BCUT2D eigenvalue weighted by molar-refractivity contribution is 5.93. The van der Waals surface area contributed by atoms with Gasteiger partial charge in [-0.05, 0) is 62.6 Å². The van der Waals surface area contributed by atoms with E-state index in [1.807, 2.05) is 32.0 Å². The van der Waals surface area contributed by atoms with Gasteiger partial charge in [0.15, 0.2) is 11.6 Å². The van der Waals surface area contributed by atoms with Crippen LogP contribution in [-0.4, -0.2) is 20.7 Å². The van der Waals surface area contributed by atoms with Crippen molar-refractivity contribution >= 4 is 22.6 Å². The second kappa shape index (κ2) is 9.52. The lowest BCUT2D eigenvalue weighted by atomic mass is 9.79. The normalized spacial score (nSPS) is 18.4. The molecule has 0 bridgehead atoms. The van der Waals surface area contributed by atoms with Crippen LogP contribution in [0.2, 0.25) is 0 Å². The van der Waals surface area contributed by atoms with Crippen LogP contribution in [0.25, 0.3) is 16.7 Å². The summed E-state index contributed by atoms with van der Waals surface area (Å²) >= 11 is 0. The van der Waals surface area contributed by atoms with Gasteiger partial charge < -0.3 is 5.32 Å². The minimum Gasteiger partial charge on any atom is -0.309 e. The molecule has 0 radical (unpaired) electrons. The van der Waals surface area contributed by atoms with E-state index in [2.05, 4.69) is 29.5 Å². The van der Waals surface area contributed by atoms with Gasteiger partial charge >= 0.3 is 0 Å². The standard InChI is InChI=1S/C26H31N5O/c1-4-5-8-19-10-12-20(13-11-19)26(32)30-25-21(15-27)16-28-31(25)23-14-18(3)22-9-6-7-17(2)24(22)29-23/h6-7,9,14,16,19-20H,4-5,8,10-13H2,1-3H3,(H,30,32). The van der Waals surface area contributed by atoms with Crippen LogP contribution in [0.4, 0.5) is 5.82 Å². The number of amides is 1. The van der Waals surface area contributed by atoms with Crippen molar-refractivity contribution in [1.29, 1.82) is 5.26 Å². The van der Waals surface area contributed by atoms with E-state index in [0.29, 0.717) is 17.2 Å². The number of fused-ring (bicyclic) bond motifs is 1. The summed E-state index contributed by atoms with van der Waals surface area (Å²) in [5.74, 6) is 1.71. The number of anilines is 1. The van der Waals surface area contributed by atoms with Crippen molar-refractivity contribution in [2.24, 2.45) is 11.8 Å². The molecule has 0 unspecified atom stereocenters. The van der Waals surface area contributed by atoms with Crippen molar-refractivity contribution in [2.45, 2.75) is 65.7 Å². The van der Waals surface area contributed by atoms with Crippen LogP contribution in [0.15, 0.2) is 30.5 Å². The van der Waals surface area contributed by atoms with E-state index in [4.69, 9.17) is 4.98 Å². The van der Waals surface area contributed by atoms with Crippen LogP contribution in [0, 0.1) is 37.0 Å². The summed E-state index contributed by atoms with van der Waals surface area (Å²) in [6.45, 7) is 6.29. The van der Waals surface area contributed by atoms with Gasteiger partial charge in [-0.2, -0.15) is 15.0 Å². The third-order valence-corrected chi connectivity index (χ3v) is 6.77. The number of carbonyl (C=O) groups excluding carboxylic acids is 1. The summed E-state index contributed by atoms with van der Waals surface area (Å²) in [5, 5.41) is 18.1. The van der Waals surface area contributed by atoms with Gasteiger partial charge in [-0.3, -0.25) is 4.79 Å². The Morgan fingerprint density at radius 3 is 2.72 bits per heavy atom. The third-order valence-electron chi connectivity index (χ3n) is 6.77. The molecule has 2 aromatic heterocycles. The fourth-order valence-electron chi connectivity index (χ4n) is 4.80. The molecule has 2 heterocycles. The van der Waals surface area contributed by atoms with Crippen LogP contribution in [0.3, 0.4) is 0 Å². The SMILES string of the molecule is CCCCC1CCC(C(=O)Nc2c(C#N)cnn2-c2cc(C)c3cccc(C)c3n2)CC1. The number of hydrogen-bond donors (Lipinski definition) is 1. The largest absolute Gasteiger partial charge is 0.309 e. The zero-order valence-corrected chi connectivity index (χ0v) is 19.2. The zero-order chi connectivity index (χ0) is 22.7. The van der Waals surface area contributed by atoms with Gasteiger partial charge in [0.05, 0.1) is 11.7 Å². The predicted octanol–water partition coefficient (Wildman–Crippen LogP) is 5.84. The summed E-state index contributed by atoms with van der Waals surface area (Å²) in [7, 11) is 0. The molecule has 3 aromatic rings. The number of nitriles is 1. The van der Waals surface area contributed by atoms with Crippen LogP contribution in [0.5, 0.6) is 0 Å². The van der Waals surface area contributed by atoms with E-state index in [9.17, 15) is 10.1 Å². The van der Waals surface area contributed by atoms with Crippen LogP contribution in [0.1, 0.15) is 68.6 Å². The van der Waals surface area contributed by atoms with E-state index < -0.39 is 0 Å². The Morgan fingerprint density at radius 2 is 2.00 bits per heavy atom. The molecule has 1 aromatic carbocycles. The highest BCUT2D eigenvalue weighted by Gasteiger charge is 2.27. The second-order valence-corrected chi connectivity index (χ2v) is 9.05. The quantitative estimate of drug-likeness (QED) is 0.533. The van der Waals surface area contributed by atoms with E-state index in [1.54, 1.807) is 4.68 Å². The van der Waals surface area contributed by atoms with Gasteiger partial charge in [0.25, 0.3) is 0 Å². The molecule has 1 fully saturated rings. The van der Waals surface area contributed by atoms with E-state index >= 15 is 0 Å². The van der Waals surface area contributed by atoms with Gasteiger partial charge in [-0.25, -0.2) is 4.98 Å². The fourth-order valence-corrected chi connectivity index (χ4v) is 4.80. The molecule has 1 aliphatic carbocycles. The molecule has 1 saturated carbocycles. The average molecular weight is 430 g/mol. The Kier molecular flexibility index (Phi) is 6.55. The van der Waals surface area contributed by atoms with E-state index in [0.717, 1.165) is 53.6 Å². The molecular formula is C26H31N5O. The van der Waals surface area contributed by atoms with Crippen molar-refractivity contribution in [3.05, 3.63) is 47.2 Å². The number of aromatic nitrogens is 3. The topological polar surface area (TPSA) is 83.6 Å². The molecule has 4 rings (SSSR count). The molecule has 1 aliphatic rings. The maximum atomic E-state index is 13.1. The average Bonchev–Trinajstić information content (AvgIpc) is 3.21. The lowest BCUT2D eigenvalue weighted by Gasteiger charge is -2.27. The number of carbonyl (C=O) groups is 1. The zero-order valence-electron chi connectivity index (χ0n) is 19.2. The van der Waals surface area contributed by atoms with Crippen molar-refractivity contribution < 1.29 is 4.79 Å². The molecule has 0 saturated heterocycles. The van der Waals surface area contributed by atoms with Gasteiger partial charge in [-0.1, -0.05) is 44.4 Å². The maximum Gasteiger partial charge on any atom is 0.228 e. The summed E-state index contributed by atoms with van der Waals surface area (Å²) < 4.78 is 1.59. The monoisotopic (exact) mass is 429 g/mol. The van der Waals surface area contributed by atoms with Crippen molar-refractivity contribution in [3.63, 3.8) is 0 Å². The Bertz CT molecular complexity index is 1160. The van der Waals surface area contributed by atoms with Crippen molar-refractivity contribution in [3.8, 4) is 11.9 Å². The molecule has 32 heavy (non-hydrogen) atoms.